The summed E-state index contributed by atoms with van der Waals surface area (Å²) in [4.78, 5) is 16.8. The van der Waals surface area contributed by atoms with E-state index in [1.165, 1.54) is 0 Å². The molecule has 0 unspecified atom stereocenters. The molecular formula is C17H23N5OS. The monoisotopic (exact) mass is 345 g/mol. The highest BCUT2D eigenvalue weighted by Crippen LogP contribution is 2.21. The first kappa shape index (κ1) is 17.0. The molecule has 0 bridgehead atoms. The summed E-state index contributed by atoms with van der Waals surface area (Å²) < 4.78 is 2.16. The Bertz CT molecular complexity index is 728. The molecule has 0 saturated carbocycles. The van der Waals surface area contributed by atoms with Gasteiger partial charge in [0.05, 0.1) is 5.03 Å². The molecule has 3 rings (SSSR count). The van der Waals surface area contributed by atoms with Crippen molar-refractivity contribution in [2.24, 2.45) is 0 Å². The number of amides is 1. The fourth-order valence-electron chi connectivity index (χ4n) is 2.94. The number of aryl methyl sites for hydroxylation is 1. The van der Waals surface area contributed by atoms with Gasteiger partial charge in [-0.25, -0.2) is 4.98 Å². The third-order valence-electron chi connectivity index (χ3n) is 4.12. The summed E-state index contributed by atoms with van der Waals surface area (Å²) >= 11 is 1.64. The molecule has 0 aromatic carbocycles. The van der Waals surface area contributed by atoms with Crippen LogP contribution < -0.4 is 5.32 Å². The smallest absolute Gasteiger partial charge is 0.251 e. The number of aromatic nitrogens is 4. The molecule has 1 aliphatic heterocycles. The van der Waals surface area contributed by atoms with Gasteiger partial charge in [0.1, 0.15) is 11.6 Å². The molecule has 2 aromatic rings. The molecule has 1 atom stereocenters. The minimum absolute atomic E-state index is 0.0389. The Morgan fingerprint density at radius 3 is 3.04 bits per heavy atom. The second-order valence-corrected chi connectivity index (χ2v) is 7.55. The zero-order valence-corrected chi connectivity index (χ0v) is 15.1. The van der Waals surface area contributed by atoms with Crippen LogP contribution >= 0.6 is 11.8 Å². The summed E-state index contributed by atoms with van der Waals surface area (Å²) in [6.07, 6.45) is 3.43. The van der Waals surface area contributed by atoms with Crippen molar-refractivity contribution in [3.05, 3.63) is 35.5 Å². The van der Waals surface area contributed by atoms with Gasteiger partial charge in [-0.05, 0) is 24.3 Å². The number of fused-ring (bicyclic) bond motifs is 1. The lowest BCUT2D eigenvalue weighted by atomic mass is 10.1. The second kappa shape index (κ2) is 7.34. The largest absolute Gasteiger partial charge is 0.347 e. The van der Waals surface area contributed by atoms with E-state index in [9.17, 15) is 4.79 Å². The maximum Gasteiger partial charge on any atom is 0.251 e. The number of rotatable bonds is 5. The highest BCUT2D eigenvalue weighted by Gasteiger charge is 2.25. The molecule has 0 spiro atoms. The van der Waals surface area contributed by atoms with Gasteiger partial charge in [-0.2, -0.15) is 0 Å². The lowest BCUT2D eigenvalue weighted by molar-refractivity contribution is 0.0927. The molecule has 0 radical (unpaired) electrons. The van der Waals surface area contributed by atoms with Crippen LogP contribution in [-0.2, 0) is 13.0 Å². The molecule has 6 nitrogen and oxygen atoms in total. The van der Waals surface area contributed by atoms with Gasteiger partial charge < -0.3 is 9.88 Å². The van der Waals surface area contributed by atoms with Crippen molar-refractivity contribution in [2.45, 2.75) is 57.1 Å². The highest BCUT2D eigenvalue weighted by molar-refractivity contribution is 7.99. The highest BCUT2D eigenvalue weighted by atomic mass is 32.2. The predicted molar refractivity (Wildman–Crippen MR) is 94.3 cm³/mol. The fraction of sp³-hybridized carbons (Fsp3) is 0.529. The molecular weight excluding hydrogens is 322 g/mol. The lowest BCUT2D eigenvalue weighted by Crippen LogP contribution is -2.41. The normalized spacial score (nSPS) is 16.9. The number of carbonyl (C=O) groups excluding carboxylic acids is 1. The zero-order chi connectivity index (χ0) is 17.1. The predicted octanol–water partition coefficient (Wildman–Crippen LogP) is 2.65. The summed E-state index contributed by atoms with van der Waals surface area (Å²) in [5.74, 6) is 3.25. The molecule has 0 aliphatic carbocycles. The first-order valence-corrected chi connectivity index (χ1v) is 9.38. The Morgan fingerprint density at radius 2 is 2.29 bits per heavy atom. The Labute approximate surface area is 146 Å². The van der Waals surface area contributed by atoms with Gasteiger partial charge in [-0.1, -0.05) is 20.8 Å². The average molecular weight is 345 g/mol. The van der Waals surface area contributed by atoms with E-state index < -0.39 is 0 Å². The van der Waals surface area contributed by atoms with Crippen LogP contribution in [0.4, 0.5) is 0 Å². The van der Waals surface area contributed by atoms with Crippen LogP contribution in [0.2, 0.25) is 0 Å². The maximum absolute atomic E-state index is 12.5. The molecule has 7 heteroatoms. The van der Waals surface area contributed by atoms with Crippen molar-refractivity contribution < 1.29 is 4.79 Å². The molecule has 2 aromatic heterocycles. The van der Waals surface area contributed by atoms with E-state index >= 15 is 0 Å². The molecule has 0 saturated heterocycles. The van der Waals surface area contributed by atoms with Gasteiger partial charge in [0, 0.05) is 36.7 Å². The Morgan fingerprint density at radius 1 is 1.46 bits per heavy atom. The van der Waals surface area contributed by atoms with Gasteiger partial charge in [0.2, 0.25) is 0 Å². The number of pyridine rings is 1. The van der Waals surface area contributed by atoms with Crippen LogP contribution in [0.25, 0.3) is 0 Å². The van der Waals surface area contributed by atoms with Crippen molar-refractivity contribution in [3.8, 4) is 0 Å². The van der Waals surface area contributed by atoms with Crippen molar-refractivity contribution >= 4 is 17.7 Å². The molecule has 3 heterocycles. The van der Waals surface area contributed by atoms with Crippen molar-refractivity contribution in [2.75, 3.05) is 5.75 Å². The topological polar surface area (TPSA) is 72.7 Å². The fourth-order valence-corrected chi connectivity index (χ4v) is 3.58. The van der Waals surface area contributed by atoms with Crippen LogP contribution in [0.15, 0.2) is 23.4 Å². The number of hydrogen-bond acceptors (Lipinski definition) is 5. The SMILES string of the molecule is CCSc1cc(C(=O)N[C@H]2CCc3nnc(C(C)C)n3C2)ccn1. The van der Waals surface area contributed by atoms with Gasteiger partial charge in [0.15, 0.2) is 0 Å². The summed E-state index contributed by atoms with van der Waals surface area (Å²) in [7, 11) is 0. The van der Waals surface area contributed by atoms with Crippen LogP contribution in [-0.4, -0.2) is 37.5 Å². The molecule has 1 N–H and O–H groups in total. The third-order valence-corrected chi connectivity index (χ3v) is 4.92. The van der Waals surface area contributed by atoms with E-state index in [2.05, 4.69) is 45.8 Å². The number of nitrogens with zero attached hydrogens (tertiary/aromatic N) is 4. The first-order chi connectivity index (χ1) is 11.6. The second-order valence-electron chi connectivity index (χ2n) is 6.26. The van der Waals surface area contributed by atoms with Crippen LogP contribution in [0.5, 0.6) is 0 Å². The van der Waals surface area contributed by atoms with Gasteiger partial charge in [0.25, 0.3) is 5.91 Å². The number of thioether (sulfide) groups is 1. The summed E-state index contributed by atoms with van der Waals surface area (Å²) in [5, 5.41) is 12.6. The maximum atomic E-state index is 12.5. The molecule has 0 fully saturated rings. The van der Waals surface area contributed by atoms with Crippen molar-refractivity contribution in [1.29, 1.82) is 0 Å². The number of hydrogen-bond donors (Lipinski definition) is 1. The van der Waals surface area contributed by atoms with Crippen LogP contribution in [0.1, 0.15) is 55.1 Å². The van der Waals surface area contributed by atoms with E-state index in [0.29, 0.717) is 11.5 Å². The molecule has 1 aliphatic rings. The minimum Gasteiger partial charge on any atom is -0.347 e. The summed E-state index contributed by atoms with van der Waals surface area (Å²) in [6, 6.07) is 3.73. The summed E-state index contributed by atoms with van der Waals surface area (Å²) in [6.45, 7) is 7.04. The van der Waals surface area contributed by atoms with Gasteiger partial charge in [-0.15, -0.1) is 22.0 Å². The molecule has 24 heavy (non-hydrogen) atoms. The summed E-state index contributed by atoms with van der Waals surface area (Å²) in [5.41, 5.74) is 0.666. The molecule has 1 amide bonds. The Hall–Kier alpha value is -1.89. The standard InChI is InChI=1S/C17H23N5OS/c1-4-24-15-9-12(7-8-18-15)17(23)19-13-5-6-14-20-21-16(11(2)3)22(14)10-13/h7-9,11,13H,4-6,10H2,1-3H3,(H,19,23)/t13-/m0/s1. The van der Waals surface area contributed by atoms with Crippen molar-refractivity contribution in [3.63, 3.8) is 0 Å². The minimum atomic E-state index is -0.0389. The Kier molecular flexibility index (Phi) is 5.18. The first-order valence-electron chi connectivity index (χ1n) is 8.40. The average Bonchev–Trinajstić information content (AvgIpc) is 2.99. The van der Waals surface area contributed by atoms with E-state index in [1.807, 2.05) is 6.07 Å². The lowest BCUT2D eigenvalue weighted by Gasteiger charge is -2.26. The quantitative estimate of drug-likeness (QED) is 0.844. The number of nitrogens with one attached hydrogen (secondary N) is 1. The third kappa shape index (κ3) is 3.61. The molecule has 128 valence electrons. The Balaban J connectivity index is 1.69. The van der Waals surface area contributed by atoms with E-state index in [1.54, 1.807) is 24.0 Å². The number of carbonyl (C=O) groups is 1. The van der Waals surface area contributed by atoms with E-state index in [0.717, 1.165) is 41.8 Å². The van der Waals surface area contributed by atoms with Crippen LogP contribution in [0.3, 0.4) is 0 Å². The van der Waals surface area contributed by atoms with E-state index in [-0.39, 0.29) is 11.9 Å². The zero-order valence-electron chi connectivity index (χ0n) is 14.3. The van der Waals surface area contributed by atoms with Gasteiger partial charge >= 0.3 is 0 Å². The van der Waals surface area contributed by atoms with Gasteiger partial charge in [-0.3, -0.25) is 4.79 Å². The van der Waals surface area contributed by atoms with Crippen molar-refractivity contribution in [1.82, 2.24) is 25.1 Å². The van der Waals surface area contributed by atoms with E-state index in [4.69, 9.17) is 0 Å². The van der Waals surface area contributed by atoms with Crippen LogP contribution in [0, 0.1) is 0 Å².